The summed E-state index contributed by atoms with van der Waals surface area (Å²) in [5, 5.41) is 21.6. The van der Waals surface area contributed by atoms with Crippen LogP contribution in [0.2, 0.25) is 5.02 Å². The van der Waals surface area contributed by atoms with Gasteiger partial charge in [0.15, 0.2) is 0 Å². The number of fused-ring (bicyclic) bond motifs is 1. The van der Waals surface area contributed by atoms with Crippen molar-refractivity contribution < 1.29 is 23.4 Å². The zero-order valence-corrected chi connectivity index (χ0v) is 20.5. The fourth-order valence-corrected chi connectivity index (χ4v) is 5.31. The van der Waals surface area contributed by atoms with Crippen LogP contribution >= 0.6 is 23.4 Å². The fourth-order valence-electron chi connectivity index (χ4n) is 4.13. The average molecular weight is 528 g/mol. The van der Waals surface area contributed by atoms with Gasteiger partial charge in [-0.3, -0.25) is 9.69 Å². The van der Waals surface area contributed by atoms with Gasteiger partial charge in [0.25, 0.3) is 5.56 Å². The second-order valence-corrected chi connectivity index (χ2v) is 10.1. The molecule has 1 fully saturated rings. The van der Waals surface area contributed by atoms with Crippen LogP contribution in [0.1, 0.15) is 5.56 Å². The van der Waals surface area contributed by atoms with Crippen LogP contribution in [0.5, 0.6) is 5.75 Å². The van der Waals surface area contributed by atoms with Gasteiger partial charge in [0.05, 0.1) is 16.6 Å². The number of β-amino-alcohol motifs (C(OH)–C–C–N with tert-alkyl or cyclic N) is 1. The van der Waals surface area contributed by atoms with E-state index in [1.54, 1.807) is 0 Å². The number of pyridine rings is 1. The highest BCUT2D eigenvalue weighted by atomic mass is 35.5. The van der Waals surface area contributed by atoms with Gasteiger partial charge < -0.3 is 20.1 Å². The monoisotopic (exact) mass is 527 g/mol. The number of aliphatic hydroxyl groups excluding tert-OH is 1. The van der Waals surface area contributed by atoms with E-state index in [0.29, 0.717) is 6.54 Å². The minimum atomic E-state index is -4.59. The first-order valence-electron chi connectivity index (χ1n) is 11.0. The summed E-state index contributed by atoms with van der Waals surface area (Å²) in [6, 6.07) is 7.23. The van der Waals surface area contributed by atoms with Crippen LogP contribution in [0, 0.1) is 0 Å². The summed E-state index contributed by atoms with van der Waals surface area (Å²) >= 11 is 7.17. The molecule has 1 saturated heterocycles. The van der Waals surface area contributed by atoms with Crippen molar-refractivity contribution in [3.05, 3.63) is 57.3 Å². The second kappa shape index (κ2) is 10.4. The molecule has 0 saturated carbocycles. The minimum absolute atomic E-state index is 0.104. The van der Waals surface area contributed by atoms with E-state index < -0.39 is 23.4 Å². The van der Waals surface area contributed by atoms with Gasteiger partial charge in [0.1, 0.15) is 5.75 Å². The molecule has 0 amide bonds. The van der Waals surface area contributed by atoms with E-state index in [4.69, 9.17) is 11.6 Å². The smallest absolute Gasteiger partial charge is 0.416 e. The summed E-state index contributed by atoms with van der Waals surface area (Å²) in [6.45, 7) is 3.84. The van der Waals surface area contributed by atoms with Crippen molar-refractivity contribution in [2.45, 2.75) is 17.2 Å². The molecule has 1 unspecified atom stereocenters. The van der Waals surface area contributed by atoms with E-state index in [0.717, 1.165) is 50.1 Å². The number of hydrogen-bond acceptors (Lipinski definition) is 6. The highest BCUT2D eigenvalue weighted by molar-refractivity contribution is 7.99. The number of hydrogen-bond donors (Lipinski definition) is 3. The quantitative estimate of drug-likeness (QED) is 0.415. The van der Waals surface area contributed by atoms with Crippen molar-refractivity contribution in [1.29, 1.82) is 0 Å². The number of thioether (sulfide) groups is 1. The highest BCUT2D eigenvalue weighted by Crippen LogP contribution is 2.42. The first kappa shape index (κ1) is 25.8. The topological polar surface area (TPSA) is 79.8 Å². The van der Waals surface area contributed by atoms with Crippen LogP contribution in [-0.2, 0) is 6.18 Å². The number of aromatic nitrogens is 1. The Hall–Kier alpha value is -2.24. The Morgan fingerprint density at radius 3 is 2.54 bits per heavy atom. The number of likely N-dealkylation sites (N-methyl/N-ethyl adjacent to an activating group) is 1. The maximum atomic E-state index is 13.5. The summed E-state index contributed by atoms with van der Waals surface area (Å²) in [4.78, 5) is 20.1. The van der Waals surface area contributed by atoms with Crippen molar-refractivity contribution in [2.75, 3.05) is 45.5 Å². The lowest BCUT2D eigenvalue weighted by molar-refractivity contribution is -0.137. The number of alkyl halides is 3. The Bertz CT molecular complexity index is 1280. The number of aromatic amines is 1. The molecule has 11 heteroatoms. The fraction of sp³-hybridized carbons (Fsp3) is 0.375. The lowest BCUT2D eigenvalue weighted by Crippen LogP contribution is -2.47. The van der Waals surface area contributed by atoms with E-state index in [-0.39, 0.29) is 43.5 Å². The van der Waals surface area contributed by atoms with Gasteiger partial charge in [-0.2, -0.15) is 13.2 Å². The average Bonchev–Trinajstić information content (AvgIpc) is 2.79. The van der Waals surface area contributed by atoms with Crippen LogP contribution < -0.4 is 5.56 Å². The SMILES string of the molecule is CN1CCN(CC(O)CSc2c(-c3cc(Cl)ccc3O)c3cc(C(F)(F)F)ccc3[nH]c2=O)CC1. The summed E-state index contributed by atoms with van der Waals surface area (Å²) < 4.78 is 40.5. The van der Waals surface area contributed by atoms with Crippen molar-refractivity contribution >= 4 is 34.3 Å². The minimum Gasteiger partial charge on any atom is -0.507 e. The van der Waals surface area contributed by atoms with Gasteiger partial charge in [0, 0.05) is 65.5 Å². The lowest BCUT2D eigenvalue weighted by Gasteiger charge is -2.33. The number of nitrogens with one attached hydrogen (secondary N) is 1. The van der Waals surface area contributed by atoms with Crippen molar-refractivity contribution in [2.24, 2.45) is 0 Å². The van der Waals surface area contributed by atoms with Gasteiger partial charge in [-0.05, 0) is 43.4 Å². The highest BCUT2D eigenvalue weighted by Gasteiger charge is 2.31. The zero-order valence-electron chi connectivity index (χ0n) is 18.9. The van der Waals surface area contributed by atoms with Gasteiger partial charge in [-0.15, -0.1) is 11.8 Å². The van der Waals surface area contributed by atoms with Gasteiger partial charge in [-0.1, -0.05) is 11.6 Å². The first-order chi connectivity index (χ1) is 16.5. The van der Waals surface area contributed by atoms with E-state index in [1.807, 2.05) is 7.05 Å². The molecule has 2 heterocycles. The number of rotatable bonds is 6. The van der Waals surface area contributed by atoms with Crippen molar-refractivity contribution in [1.82, 2.24) is 14.8 Å². The Morgan fingerprint density at radius 1 is 1.14 bits per heavy atom. The predicted octanol–water partition coefficient (Wildman–Crippen LogP) is 4.27. The van der Waals surface area contributed by atoms with Crippen LogP contribution in [0.25, 0.3) is 22.0 Å². The number of benzene rings is 2. The molecule has 1 aliphatic rings. The summed E-state index contributed by atoms with van der Waals surface area (Å²) in [6.07, 6.45) is -5.36. The van der Waals surface area contributed by atoms with Gasteiger partial charge >= 0.3 is 6.18 Å². The number of phenols is 1. The normalized spacial score (nSPS) is 16.6. The molecule has 0 bridgehead atoms. The van der Waals surface area contributed by atoms with Crippen molar-refractivity contribution in [3.8, 4) is 16.9 Å². The van der Waals surface area contributed by atoms with E-state index in [1.165, 1.54) is 24.3 Å². The molecule has 0 radical (unpaired) electrons. The van der Waals surface area contributed by atoms with Crippen LogP contribution in [0.4, 0.5) is 13.2 Å². The number of aromatic hydroxyl groups is 1. The first-order valence-corrected chi connectivity index (χ1v) is 12.4. The standard InChI is InChI=1S/C24H25ClF3N3O3S/c1-30-6-8-31(9-7-30)12-16(32)13-35-22-21(18-11-15(25)3-5-20(18)33)17-10-14(24(26,27)28)2-4-19(17)29-23(22)34/h2-5,10-11,16,32-33H,6-9,12-13H2,1H3,(H,29,34). The predicted molar refractivity (Wildman–Crippen MR) is 132 cm³/mol. The molecule has 0 spiro atoms. The third-order valence-corrected chi connectivity index (χ3v) is 7.48. The van der Waals surface area contributed by atoms with E-state index in [2.05, 4.69) is 14.8 Å². The number of halogens is 4. The molecule has 188 valence electrons. The Balaban J connectivity index is 1.75. The Kier molecular flexibility index (Phi) is 7.68. The van der Waals surface area contributed by atoms with Crippen LogP contribution in [0.3, 0.4) is 0 Å². The number of aliphatic hydroxyl groups is 1. The zero-order chi connectivity index (χ0) is 25.3. The van der Waals surface area contributed by atoms with Gasteiger partial charge in [0.2, 0.25) is 0 Å². The van der Waals surface area contributed by atoms with Crippen LogP contribution in [-0.4, -0.2) is 76.6 Å². The molecule has 4 rings (SSSR count). The molecular formula is C24H25ClF3N3O3S. The molecule has 3 aromatic rings. The van der Waals surface area contributed by atoms with E-state index >= 15 is 0 Å². The van der Waals surface area contributed by atoms with E-state index in [9.17, 15) is 28.2 Å². The number of phenolic OH excluding ortho intramolecular Hbond substituents is 1. The second-order valence-electron chi connectivity index (χ2n) is 8.65. The molecule has 35 heavy (non-hydrogen) atoms. The molecule has 1 atom stereocenters. The molecule has 6 nitrogen and oxygen atoms in total. The number of H-pyrrole nitrogens is 1. The molecule has 1 aromatic heterocycles. The molecule has 2 aromatic carbocycles. The summed E-state index contributed by atoms with van der Waals surface area (Å²) in [5.74, 6) is -0.0765. The van der Waals surface area contributed by atoms with Gasteiger partial charge in [-0.25, -0.2) is 0 Å². The number of nitrogens with zero attached hydrogens (tertiary/aromatic N) is 2. The largest absolute Gasteiger partial charge is 0.507 e. The molecule has 3 N–H and O–H groups in total. The third kappa shape index (κ3) is 5.95. The molecular weight excluding hydrogens is 503 g/mol. The maximum absolute atomic E-state index is 13.5. The summed E-state index contributed by atoms with van der Waals surface area (Å²) in [5.41, 5.74) is -0.926. The lowest BCUT2D eigenvalue weighted by atomic mass is 9.98. The molecule has 1 aliphatic heterocycles. The Morgan fingerprint density at radius 2 is 1.86 bits per heavy atom. The van der Waals surface area contributed by atoms with Crippen LogP contribution in [0.15, 0.2) is 46.1 Å². The third-order valence-electron chi connectivity index (χ3n) is 6.01. The maximum Gasteiger partial charge on any atom is 0.416 e. The number of piperazine rings is 1. The van der Waals surface area contributed by atoms with Crippen molar-refractivity contribution in [3.63, 3.8) is 0 Å². The Labute approximate surface area is 209 Å². The summed E-state index contributed by atoms with van der Waals surface area (Å²) in [7, 11) is 2.03. The molecule has 0 aliphatic carbocycles.